The minimum atomic E-state index is -1.17. The molecule has 7 rings (SSSR count). The summed E-state index contributed by atoms with van der Waals surface area (Å²) in [5.41, 5.74) is 8.79. The van der Waals surface area contributed by atoms with Gasteiger partial charge >= 0.3 is 5.97 Å². The highest BCUT2D eigenvalue weighted by Crippen LogP contribution is 2.42. The minimum absolute atomic E-state index is 0.0105. The lowest BCUT2D eigenvalue weighted by molar-refractivity contribution is -0.155. The Balaban J connectivity index is 1.27. The van der Waals surface area contributed by atoms with Crippen molar-refractivity contribution in [2.75, 3.05) is 54.5 Å². The normalized spacial score (nSPS) is 20.9. The van der Waals surface area contributed by atoms with Crippen molar-refractivity contribution >= 4 is 40.5 Å². The van der Waals surface area contributed by atoms with Crippen LogP contribution in [0, 0.1) is 17.3 Å². The molecule has 3 N–H and O–H groups in total. The molecule has 2 fully saturated rings. The summed E-state index contributed by atoms with van der Waals surface area (Å²) >= 11 is 0. The monoisotopic (exact) mass is 963 g/mol. The largest absolute Gasteiger partial charge is 0.508 e. The number of benzene rings is 2. The molecular weight excluding hydrogens is 889 g/mol. The molecule has 2 saturated heterocycles. The summed E-state index contributed by atoms with van der Waals surface area (Å²) in [4.78, 5) is 81.0. The number of aromatic hydroxyl groups is 1. The number of esters is 1. The number of likely N-dealkylation sites (N-methyl/N-ethyl adjacent to an activating group) is 2. The van der Waals surface area contributed by atoms with Gasteiger partial charge in [-0.3, -0.25) is 38.9 Å². The topological polar surface area (TPSA) is 179 Å². The Kier molecular flexibility index (Phi) is 15.5. The van der Waals surface area contributed by atoms with E-state index in [9.17, 15) is 29.1 Å². The van der Waals surface area contributed by atoms with Gasteiger partial charge in [-0.1, -0.05) is 39.8 Å². The van der Waals surface area contributed by atoms with Crippen LogP contribution in [0.1, 0.15) is 97.6 Å². The molecule has 5 heterocycles. The van der Waals surface area contributed by atoms with Gasteiger partial charge < -0.3 is 34.3 Å². The van der Waals surface area contributed by atoms with Crippen molar-refractivity contribution in [1.82, 2.24) is 40.0 Å². The van der Waals surface area contributed by atoms with Crippen molar-refractivity contribution in [2.45, 2.75) is 124 Å². The summed E-state index contributed by atoms with van der Waals surface area (Å²) in [6, 6.07) is 12.5. The third-order valence-corrected chi connectivity index (χ3v) is 14.8. The number of likely N-dealkylation sites (tertiary alicyclic amines) is 1. The Bertz CT molecular complexity index is 2620. The number of carbonyl (C=O) groups excluding carboxylic acids is 5. The summed E-state index contributed by atoms with van der Waals surface area (Å²) in [5, 5.41) is 16.8. The van der Waals surface area contributed by atoms with Crippen LogP contribution in [0.2, 0.25) is 0 Å². The fourth-order valence-electron chi connectivity index (χ4n) is 10.4. The number of hydrogen-bond acceptors (Lipinski definition) is 11. The van der Waals surface area contributed by atoms with Crippen LogP contribution in [0.3, 0.4) is 0 Å². The lowest BCUT2D eigenvalue weighted by Gasteiger charge is -2.37. The first kappa shape index (κ1) is 52.0. The van der Waals surface area contributed by atoms with Gasteiger partial charge in [-0.25, -0.2) is 5.43 Å². The number of ether oxygens (including phenoxy) is 2. The SMILES string of the molecule is CCn1c(-c2cccnc2[C@H](C)OC)c2c3cc(ccc31)-c1cc(O)cc(c1)C[C@H](NC(=O)C(C(C)C)N(C)C(=O)[C@H]1CCN(C(=O)C(C)(C)N(C)C)C1)C(=O)N1CCC[C@H](N1)C(=O)OCC(C)(C)C2. The van der Waals surface area contributed by atoms with Gasteiger partial charge in [-0.2, -0.15) is 0 Å². The van der Waals surface area contributed by atoms with Crippen LogP contribution in [-0.2, 0) is 52.8 Å². The molecule has 2 aromatic carbocycles. The summed E-state index contributed by atoms with van der Waals surface area (Å²) in [7, 11) is 6.98. The molecule has 16 nitrogen and oxygen atoms in total. The molecule has 6 bridgehead atoms. The smallest absolute Gasteiger partial charge is 0.324 e. The molecule has 0 saturated carbocycles. The molecule has 0 radical (unpaired) electrons. The molecule has 16 heteroatoms. The van der Waals surface area contributed by atoms with E-state index < -0.39 is 52.8 Å². The highest BCUT2D eigenvalue weighted by molar-refractivity contribution is 5.96. The first-order valence-electron chi connectivity index (χ1n) is 24.8. The molecule has 70 heavy (non-hydrogen) atoms. The quantitative estimate of drug-likeness (QED) is 0.148. The number of carbonyl (C=O) groups is 5. The van der Waals surface area contributed by atoms with Crippen LogP contribution in [0.25, 0.3) is 33.3 Å². The van der Waals surface area contributed by atoms with Gasteiger partial charge in [0, 0.05) is 74.8 Å². The van der Waals surface area contributed by atoms with Gasteiger partial charge in [0.2, 0.25) is 17.7 Å². The number of methoxy groups -OCH3 is 1. The minimum Gasteiger partial charge on any atom is -0.508 e. The standard InChI is InChI=1S/C54H74N8O8/c1-13-61-44-19-18-35-28-40(44)41(47(61)39-16-14-21-55-45(39)33(4)69-12)29-53(5,6)31-70-51(67)42-17-15-22-62(57-42)50(66)43(26-34-24-37(35)27-38(63)25-34)56-48(64)46(32(2)3)59(11)49(65)36-20-23-60(30-36)52(68)54(7,8)58(9)10/h14,16,18-19,21,24-25,27-28,32-33,36,42-43,46,57,63H,13,15,17,20,22-23,26,29-31H2,1-12H3,(H,56,64)/t33-,36-,42-,43-,46?/m0/s1. The molecule has 5 atom stereocenters. The molecule has 4 amide bonds. The van der Waals surface area contributed by atoms with Gasteiger partial charge in [0.25, 0.3) is 5.91 Å². The number of pyridine rings is 1. The Morgan fingerprint density at radius 2 is 1.77 bits per heavy atom. The van der Waals surface area contributed by atoms with Crippen LogP contribution in [0.5, 0.6) is 5.75 Å². The second-order valence-corrected chi connectivity index (χ2v) is 21.4. The number of phenols is 1. The average Bonchev–Trinajstić information content (AvgIpc) is 3.94. The van der Waals surface area contributed by atoms with E-state index >= 15 is 0 Å². The molecular formula is C54H74N8O8. The Morgan fingerprint density at radius 1 is 1.03 bits per heavy atom. The van der Waals surface area contributed by atoms with E-state index in [4.69, 9.17) is 14.5 Å². The fourth-order valence-corrected chi connectivity index (χ4v) is 10.4. The highest BCUT2D eigenvalue weighted by atomic mass is 16.5. The zero-order chi connectivity index (χ0) is 51.0. The molecule has 3 aliphatic rings. The van der Waals surface area contributed by atoms with Crippen molar-refractivity contribution in [3.05, 3.63) is 71.5 Å². The Labute approximate surface area is 413 Å². The highest BCUT2D eigenvalue weighted by Gasteiger charge is 2.43. The van der Waals surface area contributed by atoms with E-state index in [0.717, 1.165) is 44.5 Å². The van der Waals surface area contributed by atoms with E-state index in [1.54, 1.807) is 37.4 Å². The lowest BCUT2D eigenvalue weighted by Crippen LogP contribution is -2.62. The maximum absolute atomic E-state index is 14.8. The number of hydrogen-bond donors (Lipinski definition) is 3. The predicted molar refractivity (Wildman–Crippen MR) is 269 cm³/mol. The number of fused-ring (bicyclic) bond motifs is 6. The first-order chi connectivity index (χ1) is 33.1. The summed E-state index contributed by atoms with van der Waals surface area (Å²) < 4.78 is 14.2. The molecule has 4 aromatic rings. The van der Waals surface area contributed by atoms with Crippen LogP contribution in [0.15, 0.2) is 54.7 Å². The van der Waals surface area contributed by atoms with Crippen LogP contribution >= 0.6 is 0 Å². The third kappa shape index (κ3) is 10.6. The van der Waals surface area contributed by atoms with E-state index in [1.165, 1.54) is 9.91 Å². The number of nitrogens with zero attached hydrogens (tertiary/aromatic N) is 6. The van der Waals surface area contributed by atoms with Gasteiger partial charge in [-0.05, 0) is 132 Å². The zero-order valence-corrected chi connectivity index (χ0v) is 43.2. The second-order valence-electron chi connectivity index (χ2n) is 21.4. The lowest BCUT2D eigenvalue weighted by atomic mass is 9.84. The number of cyclic esters (lactones) is 1. The van der Waals surface area contributed by atoms with Gasteiger partial charge in [0.15, 0.2) is 0 Å². The second kappa shape index (κ2) is 20.9. The third-order valence-electron chi connectivity index (χ3n) is 14.8. The van der Waals surface area contributed by atoms with Crippen molar-refractivity contribution in [2.24, 2.45) is 17.3 Å². The Morgan fingerprint density at radius 3 is 2.46 bits per heavy atom. The number of phenolic OH excluding ortho intramolecular Hbond substituents is 1. The maximum Gasteiger partial charge on any atom is 0.324 e. The van der Waals surface area contributed by atoms with E-state index in [0.29, 0.717) is 44.3 Å². The predicted octanol–water partition coefficient (Wildman–Crippen LogP) is 6.12. The van der Waals surface area contributed by atoms with Gasteiger partial charge in [-0.15, -0.1) is 0 Å². The molecule has 0 aliphatic carbocycles. The van der Waals surface area contributed by atoms with Crippen molar-refractivity contribution in [3.63, 3.8) is 0 Å². The summed E-state index contributed by atoms with van der Waals surface area (Å²) in [6.07, 6.45) is 3.43. The average molecular weight is 963 g/mol. The van der Waals surface area contributed by atoms with Crippen LogP contribution in [0.4, 0.5) is 0 Å². The zero-order valence-electron chi connectivity index (χ0n) is 43.2. The summed E-state index contributed by atoms with van der Waals surface area (Å²) in [5.74, 6) is -2.66. The summed E-state index contributed by atoms with van der Waals surface area (Å²) in [6.45, 7) is 17.4. The number of hydrazine groups is 1. The Hall–Kier alpha value is -5.84. The number of rotatable bonds is 11. The number of aromatic nitrogens is 2. The molecule has 3 aliphatic heterocycles. The van der Waals surface area contributed by atoms with Crippen molar-refractivity contribution in [1.29, 1.82) is 0 Å². The van der Waals surface area contributed by atoms with Crippen molar-refractivity contribution < 1.29 is 38.6 Å². The molecule has 0 spiro atoms. The fraction of sp³-hybridized carbons (Fsp3) is 0.556. The van der Waals surface area contributed by atoms with Gasteiger partial charge in [0.1, 0.15) is 23.9 Å². The van der Waals surface area contributed by atoms with E-state index in [1.807, 2.05) is 71.8 Å². The number of nitrogens with one attached hydrogen (secondary N) is 2. The maximum atomic E-state index is 14.8. The molecule has 378 valence electrons. The van der Waals surface area contributed by atoms with E-state index in [2.05, 4.69) is 54.3 Å². The number of amides is 4. The van der Waals surface area contributed by atoms with Gasteiger partial charge in [0.05, 0.1) is 35.6 Å². The molecule has 1 unspecified atom stereocenters. The molecule has 2 aromatic heterocycles. The van der Waals surface area contributed by atoms with Crippen LogP contribution < -0.4 is 10.7 Å². The van der Waals surface area contributed by atoms with Crippen molar-refractivity contribution in [3.8, 4) is 28.1 Å². The first-order valence-corrected chi connectivity index (χ1v) is 24.8. The number of aryl methyl sites for hydroxylation is 1. The van der Waals surface area contributed by atoms with Crippen LogP contribution in [-0.4, -0.2) is 142 Å². The van der Waals surface area contributed by atoms with E-state index in [-0.39, 0.29) is 55.7 Å².